The van der Waals surface area contributed by atoms with E-state index in [9.17, 15) is 5.11 Å². The van der Waals surface area contributed by atoms with E-state index in [1.54, 1.807) is 0 Å². The van der Waals surface area contributed by atoms with Crippen molar-refractivity contribution in [2.45, 2.75) is 25.9 Å². The third kappa shape index (κ3) is 5.55. The van der Waals surface area contributed by atoms with Gasteiger partial charge in [0.1, 0.15) is 0 Å². The van der Waals surface area contributed by atoms with Crippen LogP contribution in [0, 0.1) is 0 Å². The molecule has 84 valence electrons. The van der Waals surface area contributed by atoms with Gasteiger partial charge in [-0.05, 0) is 26.8 Å². The van der Waals surface area contributed by atoms with Crippen LogP contribution in [0.5, 0.6) is 0 Å². The molecule has 0 fully saturated rings. The van der Waals surface area contributed by atoms with Crippen LogP contribution >= 0.6 is 0 Å². The smallest absolute Gasteiger partial charge is 0.0903 e. The Hall–Kier alpha value is -0.860. The molecule has 1 N–H and O–H groups in total. The number of rotatable bonds is 0. The van der Waals surface area contributed by atoms with Gasteiger partial charge in [-0.25, -0.2) is 0 Å². The largest absolute Gasteiger partial charge is 0.385 e. The second-order valence-corrected chi connectivity index (χ2v) is 4.15. The maximum atomic E-state index is 9.53. The maximum absolute atomic E-state index is 9.53. The third-order valence-corrected chi connectivity index (χ3v) is 2.57. The number of likely N-dealkylation sites (N-methyl/N-ethyl adjacent to an activating group) is 1. The van der Waals surface area contributed by atoms with E-state index < -0.39 is 6.10 Å². The first-order chi connectivity index (χ1) is 7.18. The van der Waals surface area contributed by atoms with Crippen LogP contribution in [0.3, 0.4) is 0 Å². The average Bonchev–Trinajstić information content (AvgIpc) is 2.20. The predicted molar refractivity (Wildman–Crippen MR) is 64.8 cm³/mol. The zero-order valence-corrected chi connectivity index (χ0v) is 9.69. The molecule has 1 rings (SSSR count). The van der Waals surface area contributed by atoms with Crippen LogP contribution in [-0.4, -0.2) is 36.2 Å². The van der Waals surface area contributed by atoms with Gasteiger partial charge in [0.2, 0.25) is 0 Å². The van der Waals surface area contributed by atoms with Gasteiger partial charge in [0.15, 0.2) is 0 Å². The van der Waals surface area contributed by atoms with Gasteiger partial charge < -0.3 is 10.0 Å². The lowest BCUT2D eigenvalue weighted by atomic mass is 10.1. The topological polar surface area (TPSA) is 23.5 Å². The standard InChI is InChI=1S/C13H21NO/c1-12-6-3-4-7-13(15)8-5-10-14(2)11-9-12/h4-8,13,15H,3,9-11H2,1-2H3/b7-4?,8-5+,12-6+. The monoisotopic (exact) mass is 207 g/mol. The van der Waals surface area contributed by atoms with Gasteiger partial charge in [-0.1, -0.05) is 36.0 Å². The summed E-state index contributed by atoms with van der Waals surface area (Å²) in [6.07, 6.45) is 11.5. The van der Waals surface area contributed by atoms with E-state index in [1.165, 1.54) is 5.57 Å². The van der Waals surface area contributed by atoms with Crippen molar-refractivity contribution in [2.75, 3.05) is 20.1 Å². The molecule has 0 aromatic rings. The summed E-state index contributed by atoms with van der Waals surface area (Å²) in [4.78, 5) is 2.26. The molecule has 2 heteroatoms. The first-order valence-electron chi connectivity index (χ1n) is 5.54. The van der Waals surface area contributed by atoms with Gasteiger partial charge in [0.05, 0.1) is 6.10 Å². The van der Waals surface area contributed by atoms with E-state index in [1.807, 2.05) is 24.3 Å². The highest BCUT2D eigenvalue weighted by Gasteiger charge is 1.98. The molecule has 0 amide bonds. The number of nitrogens with zero attached hydrogens (tertiary/aromatic N) is 1. The van der Waals surface area contributed by atoms with Crippen LogP contribution < -0.4 is 0 Å². The molecule has 15 heavy (non-hydrogen) atoms. The summed E-state index contributed by atoms with van der Waals surface area (Å²) in [5.74, 6) is 0. The summed E-state index contributed by atoms with van der Waals surface area (Å²) in [6, 6.07) is 0. The van der Waals surface area contributed by atoms with Crippen molar-refractivity contribution in [3.63, 3.8) is 0 Å². The highest BCUT2D eigenvalue weighted by atomic mass is 16.3. The first-order valence-corrected chi connectivity index (χ1v) is 5.54. The molecule has 0 aliphatic carbocycles. The normalized spacial score (nSPS) is 31.1. The Bertz CT molecular complexity index is 266. The second kappa shape index (κ2) is 6.59. The van der Waals surface area contributed by atoms with Crippen LogP contribution in [0.1, 0.15) is 19.8 Å². The molecule has 2 nitrogen and oxygen atoms in total. The lowest BCUT2D eigenvalue weighted by Gasteiger charge is -2.14. The Morgan fingerprint density at radius 3 is 2.87 bits per heavy atom. The quantitative estimate of drug-likeness (QED) is 0.615. The molecule has 0 aromatic carbocycles. The van der Waals surface area contributed by atoms with E-state index in [0.29, 0.717) is 0 Å². The van der Waals surface area contributed by atoms with Gasteiger partial charge in [-0.15, -0.1) is 0 Å². The summed E-state index contributed by atoms with van der Waals surface area (Å²) in [6.45, 7) is 4.14. The molecule has 0 aromatic heterocycles. The molecule has 0 radical (unpaired) electrons. The highest BCUT2D eigenvalue weighted by molar-refractivity contribution is 5.07. The molecule has 1 aliphatic heterocycles. The van der Waals surface area contributed by atoms with Crippen LogP contribution in [0.4, 0.5) is 0 Å². The minimum Gasteiger partial charge on any atom is -0.385 e. The molecule has 0 saturated carbocycles. The minimum atomic E-state index is -0.438. The number of hydrogen-bond donors (Lipinski definition) is 1. The zero-order valence-electron chi connectivity index (χ0n) is 9.69. The number of hydrogen-bond acceptors (Lipinski definition) is 2. The van der Waals surface area contributed by atoms with Gasteiger partial charge in [0, 0.05) is 13.1 Å². The Balaban J connectivity index is 2.61. The van der Waals surface area contributed by atoms with Crippen molar-refractivity contribution >= 4 is 0 Å². The number of aliphatic hydroxyl groups is 1. The number of aliphatic hydroxyl groups excluding tert-OH is 1. The fourth-order valence-corrected chi connectivity index (χ4v) is 1.49. The second-order valence-electron chi connectivity index (χ2n) is 4.15. The van der Waals surface area contributed by atoms with E-state index >= 15 is 0 Å². The number of allylic oxidation sites excluding steroid dienone is 2. The fraction of sp³-hybridized carbons (Fsp3) is 0.538. The predicted octanol–water partition coefficient (Wildman–Crippen LogP) is 2.13. The highest BCUT2D eigenvalue weighted by Crippen LogP contribution is 2.05. The van der Waals surface area contributed by atoms with Crippen molar-refractivity contribution in [1.29, 1.82) is 0 Å². The molecule has 0 saturated heterocycles. The molecular weight excluding hydrogens is 186 g/mol. The summed E-state index contributed by atoms with van der Waals surface area (Å²) in [5.41, 5.74) is 1.42. The van der Waals surface area contributed by atoms with Crippen LogP contribution in [0.15, 0.2) is 36.0 Å². The summed E-state index contributed by atoms with van der Waals surface area (Å²) in [5, 5.41) is 9.53. The zero-order chi connectivity index (χ0) is 11.1. The summed E-state index contributed by atoms with van der Waals surface area (Å²) in [7, 11) is 2.10. The molecule has 1 atom stereocenters. The van der Waals surface area contributed by atoms with E-state index in [0.717, 1.165) is 25.9 Å². The van der Waals surface area contributed by atoms with Gasteiger partial charge in [-0.2, -0.15) is 0 Å². The van der Waals surface area contributed by atoms with Crippen molar-refractivity contribution in [1.82, 2.24) is 4.90 Å². The fourth-order valence-electron chi connectivity index (χ4n) is 1.49. The van der Waals surface area contributed by atoms with E-state index in [2.05, 4.69) is 24.9 Å². The SMILES string of the molecule is C/C1=C\CC=CC(O)/C=C/CN(C)CC1. The van der Waals surface area contributed by atoms with Crippen LogP contribution in [0.2, 0.25) is 0 Å². The average molecular weight is 207 g/mol. The van der Waals surface area contributed by atoms with Crippen LogP contribution in [0.25, 0.3) is 0 Å². The molecule has 1 unspecified atom stereocenters. The van der Waals surface area contributed by atoms with Crippen LogP contribution in [-0.2, 0) is 0 Å². The van der Waals surface area contributed by atoms with E-state index in [4.69, 9.17) is 0 Å². The minimum absolute atomic E-state index is 0.438. The molecule has 0 spiro atoms. The lowest BCUT2D eigenvalue weighted by molar-refractivity contribution is 0.270. The summed E-state index contributed by atoms with van der Waals surface area (Å²) < 4.78 is 0. The van der Waals surface area contributed by atoms with Crippen molar-refractivity contribution in [3.05, 3.63) is 36.0 Å². The third-order valence-electron chi connectivity index (χ3n) is 2.57. The van der Waals surface area contributed by atoms with Gasteiger partial charge in [-0.3, -0.25) is 0 Å². The maximum Gasteiger partial charge on any atom is 0.0903 e. The molecule has 1 aliphatic rings. The van der Waals surface area contributed by atoms with Crippen molar-refractivity contribution in [3.8, 4) is 0 Å². The van der Waals surface area contributed by atoms with Crippen molar-refractivity contribution in [2.24, 2.45) is 0 Å². The molecule has 0 bridgehead atoms. The molecular formula is C13H21NO. The van der Waals surface area contributed by atoms with Crippen molar-refractivity contribution < 1.29 is 5.11 Å². The molecule has 1 heterocycles. The first kappa shape index (κ1) is 12.2. The van der Waals surface area contributed by atoms with Gasteiger partial charge in [0.25, 0.3) is 0 Å². The Kier molecular flexibility index (Phi) is 5.37. The van der Waals surface area contributed by atoms with Gasteiger partial charge >= 0.3 is 0 Å². The summed E-state index contributed by atoms with van der Waals surface area (Å²) >= 11 is 0. The van der Waals surface area contributed by atoms with E-state index in [-0.39, 0.29) is 0 Å². The lowest BCUT2D eigenvalue weighted by Crippen LogP contribution is -2.20. The Labute approximate surface area is 92.6 Å². The Morgan fingerprint density at radius 2 is 2.07 bits per heavy atom. The Morgan fingerprint density at radius 1 is 1.33 bits per heavy atom.